The molecule has 8 heteroatoms. The van der Waals surface area contributed by atoms with Crippen LogP contribution >= 0.6 is 0 Å². The highest BCUT2D eigenvalue weighted by Crippen LogP contribution is 2.51. The molecule has 2 fully saturated rings. The molecule has 0 aromatic heterocycles. The van der Waals surface area contributed by atoms with Gasteiger partial charge in [0.2, 0.25) is 11.8 Å². The SMILES string of the molecule is COc1ccccc1C1NC(CO)(C(=O)O)C2C(=O)N(C(C)(C)C)C(=O)C12. The van der Waals surface area contributed by atoms with E-state index >= 15 is 0 Å². The maximum Gasteiger partial charge on any atom is 0.327 e. The summed E-state index contributed by atoms with van der Waals surface area (Å²) < 4.78 is 5.36. The topological polar surface area (TPSA) is 116 Å². The maximum atomic E-state index is 13.2. The van der Waals surface area contributed by atoms with Gasteiger partial charge in [-0.05, 0) is 26.8 Å². The lowest BCUT2D eigenvalue weighted by Gasteiger charge is -2.34. The third kappa shape index (κ3) is 2.62. The van der Waals surface area contributed by atoms with Crippen LogP contribution in [0.15, 0.2) is 24.3 Å². The highest BCUT2D eigenvalue weighted by molar-refractivity contribution is 6.10. The van der Waals surface area contributed by atoms with E-state index in [1.807, 2.05) is 0 Å². The molecular weight excluding hydrogens is 352 g/mol. The highest BCUT2D eigenvalue weighted by atomic mass is 16.5. The van der Waals surface area contributed by atoms with Gasteiger partial charge in [-0.2, -0.15) is 0 Å². The summed E-state index contributed by atoms with van der Waals surface area (Å²) in [6.45, 7) is 4.34. The van der Waals surface area contributed by atoms with Gasteiger partial charge >= 0.3 is 5.97 Å². The number of carbonyl (C=O) groups is 3. The van der Waals surface area contributed by atoms with E-state index in [1.165, 1.54) is 7.11 Å². The lowest BCUT2D eigenvalue weighted by atomic mass is 9.79. The van der Waals surface area contributed by atoms with Crippen LogP contribution in [0.2, 0.25) is 0 Å². The van der Waals surface area contributed by atoms with Gasteiger partial charge in [0.05, 0.1) is 25.6 Å². The summed E-state index contributed by atoms with van der Waals surface area (Å²) in [5.41, 5.74) is -2.17. The molecule has 2 aliphatic rings. The summed E-state index contributed by atoms with van der Waals surface area (Å²) in [5.74, 6) is -4.08. The molecule has 1 aromatic carbocycles. The number of imide groups is 1. The number of fused-ring (bicyclic) bond motifs is 1. The minimum absolute atomic E-state index is 0.447. The Morgan fingerprint density at radius 1 is 1.26 bits per heavy atom. The Balaban J connectivity index is 2.20. The summed E-state index contributed by atoms with van der Waals surface area (Å²) in [7, 11) is 1.48. The summed E-state index contributed by atoms with van der Waals surface area (Å²) in [6.07, 6.45) is 0. The molecule has 0 aliphatic carbocycles. The summed E-state index contributed by atoms with van der Waals surface area (Å²) in [6, 6.07) is 6.15. The van der Waals surface area contributed by atoms with Crippen LogP contribution in [0.4, 0.5) is 0 Å². The molecular formula is C19H24N2O6. The van der Waals surface area contributed by atoms with Crippen molar-refractivity contribution in [1.82, 2.24) is 10.2 Å². The van der Waals surface area contributed by atoms with Gasteiger partial charge in [0.25, 0.3) is 0 Å². The second-order valence-electron chi connectivity index (χ2n) is 7.98. The first-order chi connectivity index (χ1) is 12.6. The number of carboxylic acids is 1. The highest BCUT2D eigenvalue weighted by Gasteiger charge is 2.69. The number of hydrogen-bond donors (Lipinski definition) is 3. The van der Waals surface area contributed by atoms with Crippen LogP contribution < -0.4 is 10.1 Å². The first-order valence-corrected chi connectivity index (χ1v) is 8.73. The van der Waals surface area contributed by atoms with Crippen LogP contribution in [-0.2, 0) is 14.4 Å². The molecule has 0 bridgehead atoms. The van der Waals surface area contributed by atoms with E-state index in [4.69, 9.17) is 4.74 Å². The molecule has 146 valence electrons. The first-order valence-electron chi connectivity index (χ1n) is 8.73. The fourth-order valence-corrected chi connectivity index (χ4v) is 4.26. The molecule has 0 radical (unpaired) electrons. The number of hydrogen-bond acceptors (Lipinski definition) is 6. The molecule has 4 unspecified atom stereocenters. The van der Waals surface area contributed by atoms with Crippen molar-refractivity contribution in [2.24, 2.45) is 11.8 Å². The quantitative estimate of drug-likeness (QED) is 0.657. The summed E-state index contributed by atoms with van der Waals surface area (Å²) in [5, 5.41) is 22.7. The molecule has 27 heavy (non-hydrogen) atoms. The Morgan fingerprint density at radius 2 is 1.89 bits per heavy atom. The Bertz CT molecular complexity index is 802. The Labute approximate surface area is 157 Å². The molecule has 0 saturated carbocycles. The van der Waals surface area contributed by atoms with E-state index in [0.717, 1.165) is 4.90 Å². The van der Waals surface area contributed by atoms with Gasteiger partial charge in [0.1, 0.15) is 5.75 Å². The van der Waals surface area contributed by atoms with Gasteiger partial charge in [-0.3, -0.25) is 24.6 Å². The summed E-state index contributed by atoms with van der Waals surface area (Å²) in [4.78, 5) is 39.5. The van der Waals surface area contributed by atoms with E-state index in [9.17, 15) is 24.6 Å². The average molecular weight is 376 g/mol. The largest absolute Gasteiger partial charge is 0.496 e. The zero-order valence-electron chi connectivity index (χ0n) is 15.7. The van der Waals surface area contributed by atoms with Gasteiger partial charge in [-0.25, -0.2) is 0 Å². The lowest BCUT2D eigenvalue weighted by molar-refractivity contribution is -0.155. The Kier molecular flexibility index (Phi) is 4.52. The molecule has 0 spiro atoms. The van der Waals surface area contributed by atoms with Gasteiger partial charge in [-0.1, -0.05) is 18.2 Å². The third-order valence-corrected chi connectivity index (χ3v) is 5.43. The molecule has 8 nitrogen and oxygen atoms in total. The standard InChI is InChI=1S/C19H24N2O6/c1-18(2,3)21-15(23)12-13(16(21)24)19(9-22,17(25)26)20-14(12)10-7-5-6-8-11(10)27-4/h5-8,12-14,20,22H,9H2,1-4H3,(H,25,26). The van der Waals surface area contributed by atoms with E-state index in [2.05, 4.69) is 5.32 Å². The molecule has 3 N–H and O–H groups in total. The number of aliphatic carboxylic acids is 1. The van der Waals surface area contributed by atoms with Crippen molar-refractivity contribution in [2.75, 3.05) is 13.7 Å². The predicted octanol–water partition coefficient (Wildman–Crippen LogP) is 0.555. The molecule has 2 amide bonds. The molecule has 3 rings (SSSR count). The van der Waals surface area contributed by atoms with Crippen molar-refractivity contribution in [3.63, 3.8) is 0 Å². The van der Waals surface area contributed by atoms with Crippen molar-refractivity contribution < 1.29 is 29.3 Å². The van der Waals surface area contributed by atoms with Crippen molar-refractivity contribution in [3.05, 3.63) is 29.8 Å². The first kappa shape index (κ1) is 19.3. The number of aliphatic hydroxyl groups excluding tert-OH is 1. The van der Waals surface area contributed by atoms with E-state index in [1.54, 1.807) is 45.0 Å². The van der Waals surface area contributed by atoms with Crippen molar-refractivity contribution in [2.45, 2.75) is 37.9 Å². The smallest absolute Gasteiger partial charge is 0.327 e. The number of nitrogens with zero attached hydrogens (tertiary/aromatic N) is 1. The van der Waals surface area contributed by atoms with Crippen LogP contribution in [0.3, 0.4) is 0 Å². The molecule has 1 aromatic rings. The second-order valence-corrected chi connectivity index (χ2v) is 7.98. The van der Waals surface area contributed by atoms with Gasteiger partial charge in [0.15, 0.2) is 5.54 Å². The van der Waals surface area contributed by atoms with E-state index < -0.39 is 53.3 Å². The van der Waals surface area contributed by atoms with Crippen LogP contribution in [-0.4, -0.2) is 57.7 Å². The normalized spacial score (nSPS) is 30.6. The number of rotatable bonds is 4. The predicted molar refractivity (Wildman–Crippen MR) is 94.9 cm³/mol. The number of carbonyl (C=O) groups excluding carboxylic acids is 2. The average Bonchev–Trinajstić information content (AvgIpc) is 3.09. The zero-order chi connectivity index (χ0) is 20.1. The van der Waals surface area contributed by atoms with Gasteiger partial charge in [0, 0.05) is 17.1 Å². The number of likely N-dealkylation sites (tertiary alicyclic amines) is 1. The molecule has 2 aliphatic heterocycles. The Morgan fingerprint density at radius 3 is 2.41 bits per heavy atom. The van der Waals surface area contributed by atoms with E-state index in [0.29, 0.717) is 11.3 Å². The van der Waals surface area contributed by atoms with Crippen molar-refractivity contribution in [3.8, 4) is 5.75 Å². The minimum Gasteiger partial charge on any atom is -0.496 e. The maximum absolute atomic E-state index is 13.2. The van der Waals surface area contributed by atoms with Crippen molar-refractivity contribution >= 4 is 17.8 Å². The second kappa shape index (κ2) is 6.31. The van der Waals surface area contributed by atoms with Crippen LogP contribution in [0, 0.1) is 11.8 Å². The Hall–Kier alpha value is -2.45. The number of carboxylic acid groups (broad SMARTS) is 1. The number of ether oxygens (including phenoxy) is 1. The van der Waals surface area contributed by atoms with Crippen LogP contribution in [0.25, 0.3) is 0 Å². The molecule has 4 atom stereocenters. The van der Waals surface area contributed by atoms with Gasteiger partial charge < -0.3 is 14.9 Å². The fraction of sp³-hybridized carbons (Fsp3) is 0.526. The molecule has 2 saturated heterocycles. The van der Waals surface area contributed by atoms with Gasteiger partial charge in [-0.15, -0.1) is 0 Å². The fourth-order valence-electron chi connectivity index (χ4n) is 4.26. The summed E-state index contributed by atoms with van der Waals surface area (Å²) >= 11 is 0. The van der Waals surface area contributed by atoms with Crippen molar-refractivity contribution in [1.29, 1.82) is 0 Å². The van der Waals surface area contributed by atoms with Crippen LogP contribution in [0.1, 0.15) is 32.4 Å². The lowest BCUT2D eigenvalue weighted by Crippen LogP contribution is -2.59. The number of aliphatic hydroxyl groups is 1. The number of amides is 2. The van der Waals surface area contributed by atoms with Crippen LogP contribution in [0.5, 0.6) is 5.75 Å². The van der Waals surface area contributed by atoms with E-state index in [-0.39, 0.29) is 0 Å². The number of nitrogens with one attached hydrogen (secondary N) is 1. The minimum atomic E-state index is -1.94. The monoisotopic (exact) mass is 376 g/mol. The number of para-hydroxylation sites is 1. The zero-order valence-corrected chi connectivity index (χ0v) is 15.7. The molecule has 2 heterocycles. The number of benzene rings is 1. The number of methoxy groups -OCH3 is 1. The third-order valence-electron chi connectivity index (χ3n) is 5.43.